The molecule has 1 aliphatic carbocycles. The number of rotatable bonds is 3. The minimum atomic E-state index is 0.678. The molecule has 96 valence electrons. The van der Waals surface area contributed by atoms with Gasteiger partial charge in [0.15, 0.2) is 4.34 Å². The highest BCUT2D eigenvalue weighted by atomic mass is 32.2. The molecule has 0 spiro atoms. The van der Waals surface area contributed by atoms with Gasteiger partial charge in [0.2, 0.25) is 0 Å². The van der Waals surface area contributed by atoms with E-state index < -0.39 is 0 Å². The molecule has 2 aromatic rings. The van der Waals surface area contributed by atoms with E-state index in [2.05, 4.69) is 34.8 Å². The fraction of sp³-hybridized carbons (Fsp3) is 0.500. The van der Waals surface area contributed by atoms with Crippen LogP contribution in [0.25, 0.3) is 10.2 Å². The molecule has 0 unspecified atom stereocenters. The zero-order chi connectivity index (χ0) is 12.4. The lowest BCUT2D eigenvalue weighted by atomic mass is 9.96. The van der Waals surface area contributed by atoms with E-state index in [9.17, 15) is 0 Å². The van der Waals surface area contributed by atoms with Gasteiger partial charge in [-0.1, -0.05) is 25.3 Å². The Labute approximate surface area is 116 Å². The molecule has 0 atom stereocenters. The Morgan fingerprint density at radius 3 is 2.94 bits per heavy atom. The standard InChI is InChI=1S/C14H18N2S2/c1-10-7-8-13-12(9-10)15-14(17-13)18-16-11-5-3-2-4-6-11/h7-9,11,16H,2-6H2,1H3. The first-order chi connectivity index (χ1) is 8.81. The maximum absolute atomic E-state index is 4.68. The van der Waals surface area contributed by atoms with Crippen molar-refractivity contribution in [3.8, 4) is 0 Å². The van der Waals surface area contributed by atoms with Crippen LogP contribution in [0.3, 0.4) is 0 Å². The monoisotopic (exact) mass is 278 g/mol. The average molecular weight is 278 g/mol. The van der Waals surface area contributed by atoms with Crippen molar-refractivity contribution in [2.24, 2.45) is 0 Å². The Morgan fingerprint density at radius 2 is 2.11 bits per heavy atom. The van der Waals surface area contributed by atoms with Crippen molar-refractivity contribution in [1.82, 2.24) is 9.71 Å². The van der Waals surface area contributed by atoms with Gasteiger partial charge in [-0.3, -0.25) is 4.72 Å². The molecule has 1 aromatic heterocycles. The fourth-order valence-electron chi connectivity index (χ4n) is 2.41. The zero-order valence-electron chi connectivity index (χ0n) is 10.6. The molecular formula is C14H18N2S2. The number of aryl methyl sites for hydroxylation is 1. The second-order valence-electron chi connectivity index (χ2n) is 5.01. The Kier molecular flexibility index (Phi) is 3.87. The molecule has 1 aliphatic rings. The van der Waals surface area contributed by atoms with E-state index in [0.717, 1.165) is 9.86 Å². The Balaban J connectivity index is 1.67. The number of benzene rings is 1. The van der Waals surface area contributed by atoms with E-state index >= 15 is 0 Å². The van der Waals surface area contributed by atoms with E-state index in [0.29, 0.717) is 6.04 Å². The third-order valence-electron chi connectivity index (χ3n) is 3.44. The summed E-state index contributed by atoms with van der Waals surface area (Å²) >= 11 is 3.50. The van der Waals surface area contributed by atoms with Crippen molar-refractivity contribution in [2.45, 2.75) is 49.4 Å². The van der Waals surface area contributed by atoms with Gasteiger partial charge in [-0.05, 0) is 49.4 Å². The first kappa shape index (κ1) is 12.5. The summed E-state index contributed by atoms with van der Waals surface area (Å²) < 4.78 is 6.00. The van der Waals surface area contributed by atoms with Crippen LogP contribution in [-0.4, -0.2) is 11.0 Å². The largest absolute Gasteiger partial charge is 0.255 e. The summed E-state index contributed by atoms with van der Waals surface area (Å²) in [4.78, 5) is 4.68. The summed E-state index contributed by atoms with van der Waals surface area (Å²) in [6, 6.07) is 7.17. The molecule has 2 nitrogen and oxygen atoms in total. The predicted molar refractivity (Wildman–Crippen MR) is 80.2 cm³/mol. The molecule has 0 amide bonds. The summed E-state index contributed by atoms with van der Waals surface area (Å²) in [5.74, 6) is 0. The van der Waals surface area contributed by atoms with Gasteiger partial charge >= 0.3 is 0 Å². The molecule has 1 N–H and O–H groups in total. The number of nitrogens with zero attached hydrogens (tertiary/aromatic N) is 1. The van der Waals surface area contributed by atoms with Gasteiger partial charge in [-0.2, -0.15) is 0 Å². The zero-order valence-corrected chi connectivity index (χ0v) is 12.2. The van der Waals surface area contributed by atoms with E-state index in [-0.39, 0.29) is 0 Å². The summed E-state index contributed by atoms with van der Waals surface area (Å²) in [6.45, 7) is 2.12. The number of thiazole rings is 1. The maximum Gasteiger partial charge on any atom is 0.166 e. The molecule has 3 rings (SSSR count). The second kappa shape index (κ2) is 5.59. The second-order valence-corrected chi connectivity index (χ2v) is 7.12. The van der Waals surface area contributed by atoms with E-state index in [1.807, 2.05) is 0 Å². The van der Waals surface area contributed by atoms with E-state index in [4.69, 9.17) is 0 Å². The van der Waals surface area contributed by atoms with Gasteiger partial charge in [0, 0.05) is 6.04 Å². The van der Waals surface area contributed by atoms with Gasteiger partial charge < -0.3 is 0 Å². The minimum Gasteiger partial charge on any atom is -0.255 e. The van der Waals surface area contributed by atoms with E-state index in [1.54, 1.807) is 23.3 Å². The first-order valence-corrected chi connectivity index (χ1v) is 8.24. The molecule has 0 radical (unpaired) electrons. The lowest BCUT2D eigenvalue weighted by Gasteiger charge is -2.21. The average Bonchev–Trinajstić information content (AvgIpc) is 2.79. The Morgan fingerprint density at radius 1 is 1.28 bits per heavy atom. The summed E-state index contributed by atoms with van der Waals surface area (Å²) in [7, 11) is 0. The molecule has 1 fully saturated rings. The normalized spacial score (nSPS) is 17.4. The SMILES string of the molecule is Cc1ccc2sc(SNC3CCCCC3)nc2c1. The molecule has 4 heteroatoms. The summed E-state index contributed by atoms with van der Waals surface area (Å²) in [6.07, 6.45) is 6.78. The number of hydrogen-bond acceptors (Lipinski definition) is 4. The Bertz CT molecular complexity index is 530. The van der Waals surface area contributed by atoms with Gasteiger partial charge in [0.1, 0.15) is 0 Å². The first-order valence-electron chi connectivity index (χ1n) is 6.61. The molecule has 0 bridgehead atoms. The fourth-order valence-corrected chi connectivity index (χ4v) is 4.32. The molecule has 0 aliphatic heterocycles. The predicted octanol–water partition coefficient (Wildman–Crippen LogP) is 4.53. The Hall–Kier alpha value is -0.580. The van der Waals surface area contributed by atoms with Crippen LogP contribution >= 0.6 is 23.3 Å². The quantitative estimate of drug-likeness (QED) is 0.835. The van der Waals surface area contributed by atoms with Gasteiger partial charge in [0.05, 0.1) is 10.2 Å². The van der Waals surface area contributed by atoms with Crippen LogP contribution in [0.1, 0.15) is 37.7 Å². The van der Waals surface area contributed by atoms with Crippen LogP contribution in [0.15, 0.2) is 22.5 Å². The van der Waals surface area contributed by atoms with Crippen LogP contribution in [0.4, 0.5) is 0 Å². The van der Waals surface area contributed by atoms with Crippen molar-refractivity contribution in [3.05, 3.63) is 23.8 Å². The maximum atomic E-state index is 4.68. The van der Waals surface area contributed by atoms with Crippen molar-refractivity contribution < 1.29 is 0 Å². The van der Waals surface area contributed by atoms with E-state index in [1.165, 1.54) is 42.4 Å². The number of nitrogens with one attached hydrogen (secondary N) is 1. The lowest BCUT2D eigenvalue weighted by Crippen LogP contribution is -2.25. The van der Waals surface area contributed by atoms with Crippen LogP contribution in [0.2, 0.25) is 0 Å². The number of fused-ring (bicyclic) bond motifs is 1. The third kappa shape index (κ3) is 2.87. The third-order valence-corrected chi connectivity index (χ3v) is 5.49. The van der Waals surface area contributed by atoms with Gasteiger partial charge in [-0.15, -0.1) is 11.3 Å². The molecule has 1 heterocycles. The van der Waals surface area contributed by atoms with Gasteiger partial charge in [-0.25, -0.2) is 4.98 Å². The van der Waals surface area contributed by atoms with Crippen LogP contribution in [-0.2, 0) is 0 Å². The number of aromatic nitrogens is 1. The van der Waals surface area contributed by atoms with Crippen molar-refractivity contribution in [1.29, 1.82) is 0 Å². The smallest absolute Gasteiger partial charge is 0.166 e. The highest BCUT2D eigenvalue weighted by molar-refractivity contribution is 7.99. The van der Waals surface area contributed by atoms with Crippen LogP contribution in [0.5, 0.6) is 0 Å². The molecule has 0 saturated heterocycles. The topological polar surface area (TPSA) is 24.9 Å². The lowest BCUT2D eigenvalue weighted by molar-refractivity contribution is 0.423. The van der Waals surface area contributed by atoms with Crippen LogP contribution in [0, 0.1) is 6.92 Å². The minimum absolute atomic E-state index is 0.678. The highest BCUT2D eigenvalue weighted by Gasteiger charge is 2.14. The van der Waals surface area contributed by atoms with Gasteiger partial charge in [0.25, 0.3) is 0 Å². The number of hydrogen-bond donors (Lipinski definition) is 1. The molecule has 1 aromatic carbocycles. The van der Waals surface area contributed by atoms with Crippen molar-refractivity contribution in [2.75, 3.05) is 0 Å². The van der Waals surface area contributed by atoms with Crippen molar-refractivity contribution >= 4 is 33.5 Å². The highest BCUT2D eigenvalue weighted by Crippen LogP contribution is 2.30. The van der Waals surface area contributed by atoms with Crippen LogP contribution < -0.4 is 4.72 Å². The molecular weight excluding hydrogens is 260 g/mol. The van der Waals surface area contributed by atoms with Crippen molar-refractivity contribution in [3.63, 3.8) is 0 Å². The summed E-state index contributed by atoms with van der Waals surface area (Å²) in [5.41, 5.74) is 2.41. The molecule has 1 saturated carbocycles. The molecule has 18 heavy (non-hydrogen) atoms. The summed E-state index contributed by atoms with van der Waals surface area (Å²) in [5, 5.41) is 0.